The quantitative estimate of drug-likeness (QED) is 0.819. The molecule has 0 amide bonds. The van der Waals surface area contributed by atoms with Crippen molar-refractivity contribution in [2.45, 2.75) is 0 Å². The van der Waals surface area contributed by atoms with Crippen molar-refractivity contribution in [2.75, 3.05) is 0 Å². The van der Waals surface area contributed by atoms with Crippen LogP contribution in [0.4, 0.5) is 0 Å². The number of benzene rings is 1. The van der Waals surface area contributed by atoms with Crippen LogP contribution in [0.5, 0.6) is 0 Å². The van der Waals surface area contributed by atoms with E-state index in [-0.39, 0.29) is 11.1 Å². The minimum absolute atomic E-state index is 0.368. The average Bonchev–Trinajstić information content (AvgIpc) is 2.15. The van der Waals surface area contributed by atoms with E-state index in [0.717, 1.165) is 12.1 Å². The van der Waals surface area contributed by atoms with Crippen LogP contribution < -0.4 is 0 Å². The summed E-state index contributed by atoms with van der Waals surface area (Å²) in [6, 6.07) is 5.01. The summed E-state index contributed by atoms with van der Waals surface area (Å²) in [5.74, 6) is -2.72. The molecule has 0 aliphatic rings. The fourth-order valence-electron chi connectivity index (χ4n) is 0.983. The number of halogens is 1. The molecule has 0 bridgehead atoms. The van der Waals surface area contributed by atoms with E-state index in [1.165, 1.54) is 12.1 Å². The lowest BCUT2D eigenvalue weighted by molar-refractivity contribution is 0.0672. The van der Waals surface area contributed by atoms with Crippen LogP contribution in [-0.2, 0) is 13.5 Å². The van der Waals surface area contributed by atoms with E-state index in [4.69, 9.17) is 15.8 Å². The van der Waals surface area contributed by atoms with Crippen molar-refractivity contribution in [2.24, 2.45) is 0 Å². The number of carboxylic acids is 1. The molecule has 8 heteroatoms. The molecular weight excluding hydrogens is 260 g/mol. The number of carbonyl (C=O) groups is 2. The van der Waals surface area contributed by atoms with Crippen molar-refractivity contribution in [3.8, 4) is 0 Å². The Hall–Kier alpha value is -1.60. The van der Waals surface area contributed by atoms with Gasteiger partial charge in [-0.25, -0.2) is 9.59 Å². The van der Waals surface area contributed by atoms with Gasteiger partial charge in [-0.2, -0.15) is 8.42 Å². The first-order chi connectivity index (χ1) is 7.31. The van der Waals surface area contributed by atoms with Gasteiger partial charge >= 0.3 is 21.3 Å². The SMILES string of the molecule is O=C(O)c1ccccc1C(=O)OS(=O)(=O)Cl. The maximum Gasteiger partial charge on any atom is 0.404 e. The minimum Gasteiger partial charge on any atom is -0.478 e. The molecule has 0 saturated carbocycles. The molecule has 0 unspecified atom stereocenters. The van der Waals surface area contributed by atoms with Gasteiger partial charge in [0.05, 0.1) is 21.8 Å². The molecule has 0 aromatic heterocycles. The van der Waals surface area contributed by atoms with E-state index in [1.807, 2.05) is 0 Å². The summed E-state index contributed by atoms with van der Waals surface area (Å²) in [6.45, 7) is 0. The zero-order valence-corrected chi connectivity index (χ0v) is 9.16. The third-order valence-electron chi connectivity index (χ3n) is 1.55. The highest BCUT2D eigenvalue weighted by atomic mass is 35.7. The Morgan fingerprint density at radius 1 is 1.19 bits per heavy atom. The second-order valence-corrected chi connectivity index (χ2v) is 4.70. The van der Waals surface area contributed by atoms with Gasteiger partial charge in [-0.15, -0.1) is 0 Å². The Kier molecular flexibility index (Phi) is 3.51. The van der Waals surface area contributed by atoms with Crippen LogP contribution in [-0.4, -0.2) is 25.5 Å². The first-order valence-corrected chi connectivity index (χ1v) is 6.05. The van der Waals surface area contributed by atoms with Crippen LogP contribution in [0.3, 0.4) is 0 Å². The number of hydrogen-bond donors (Lipinski definition) is 1. The summed E-state index contributed by atoms with van der Waals surface area (Å²) in [6.07, 6.45) is 0. The monoisotopic (exact) mass is 264 g/mol. The van der Waals surface area contributed by atoms with Crippen molar-refractivity contribution in [1.82, 2.24) is 0 Å². The molecule has 1 N–H and O–H groups in total. The van der Waals surface area contributed by atoms with E-state index in [2.05, 4.69) is 4.18 Å². The fourth-order valence-corrected chi connectivity index (χ4v) is 1.43. The summed E-state index contributed by atoms with van der Waals surface area (Å²) in [5.41, 5.74) is -0.757. The molecule has 0 radical (unpaired) electrons. The molecule has 0 aliphatic heterocycles. The molecule has 0 saturated heterocycles. The molecule has 0 atom stereocenters. The minimum atomic E-state index is -4.48. The zero-order valence-electron chi connectivity index (χ0n) is 7.58. The average molecular weight is 265 g/mol. The molecule has 16 heavy (non-hydrogen) atoms. The Balaban J connectivity index is 3.14. The van der Waals surface area contributed by atoms with E-state index in [1.54, 1.807) is 0 Å². The lowest BCUT2D eigenvalue weighted by atomic mass is 10.1. The lowest BCUT2D eigenvalue weighted by Crippen LogP contribution is -2.13. The van der Waals surface area contributed by atoms with Crippen molar-refractivity contribution in [1.29, 1.82) is 0 Å². The van der Waals surface area contributed by atoms with Crippen LogP contribution in [0.25, 0.3) is 0 Å². The third-order valence-corrected chi connectivity index (χ3v) is 2.09. The lowest BCUT2D eigenvalue weighted by Gasteiger charge is -2.03. The predicted octanol–water partition coefficient (Wildman–Crippen LogP) is 1.03. The normalized spacial score (nSPS) is 10.8. The van der Waals surface area contributed by atoms with E-state index >= 15 is 0 Å². The van der Waals surface area contributed by atoms with Gasteiger partial charge in [-0.1, -0.05) is 12.1 Å². The molecule has 6 nitrogen and oxygen atoms in total. The number of carboxylic acid groups (broad SMARTS) is 1. The molecule has 0 heterocycles. The van der Waals surface area contributed by atoms with Crippen molar-refractivity contribution >= 4 is 32.0 Å². The standard InChI is InChI=1S/C8H5ClO6S/c9-16(13,14)15-8(12)6-4-2-1-3-5(6)7(10)11/h1-4H,(H,10,11). The summed E-state index contributed by atoms with van der Waals surface area (Å²) >= 11 is 0. The molecule has 0 fully saturated rings. The zero-order chi connectivity index (χ0) is 12.3. The van der Waals surface area contributed by atoms with Gasteiger partial charge in [0.2, 0.25) is 0 Å². The van der Waals surface area contributed by atoms with Crippen LogP contribution in [0.1, 0.15) is 20.7 Å². The van der Waals surface area contributed by atoms with Gasteiger partial charge in [-0.05, 0) is 12.1 Å². The third kappa shape index (κ3) is 3.21. The summed E-state index contributed by atoms with van der Waals surface area (Å²) < 4.78 is 24.8. The van der Waals surface area contributed by atoms with Gasteiger partial charge < -0.3 is 9.29 Å². The van der Waals surface area contributed by atoms with Gasteiger partial charge in [0.1, 0.15) is 0 Å². The second-order valence-electron chi connectivity index (χ2n) is 2.61. The molecule has 0 aliphatic carbocycles. The summed E-state index contributed by atoms with van der Waals surface area (Å²) in [7, 11) is 0.207. The highest BCUT2D eigenvalue weighted by Crippen LogP contribution is 2.12. The fraction of sp³-hybridized carbons (Fsp3) is 0. The Bertz CT molecular complexity index is 535. The van der Waals surface area contributed by atoms with Gasteiger partial charge in [0, 0.05) is 0 Å². The summed E-state index contributed by atoms with van der Waals surface area (Å²) in [4.78, 5) is 21.9. The summed E-state index contributed by atoms with van der Waals surface area (Å²) in [5, 5.41) is 8.72. The van der Waals surface area contributed by atoms with Gasteiger partial charge in [-0.3, -0.25) is 0 Å². The Morgan fingerprint density at radius 3 is 2.12 bits per heavy atom. The number of rotatable bonds is 3. The van der Waals surface area contributed by atoms with Crippen LogP contribution in [0.2, 0.25) is 0 Å². The second kappa shape index (κ2) is 4.50. The largest absolute Gasteiger partial charge is 0.478 e. The van der Waals surface area contributed by atoms with E-state index in [0.29, 0.717) is 0 Å². The number of hydrogen-bond acceptors (Lipinski definition) is 5. The van der Waals surface area contributed by atoms with Crippen LogP contribution in [0.15, 0.2) is 24.3 Å². The first kappa shape index (κ1) is 12.5. The van der Waals surface area contributed by atoms with Crippen LogP contribution >= 0.6 is 10.7 Å². The maximum atomic E-state index is 11.2. The smallest absolute Gasteiger partial charge is 0.404 e. The van der Waals surface area contributed by atoms with Crippen molar-refractivity contribution < 1.29 is 27.3 Å². The van der Waals surface area contributed by atoms with E-state index in [9.17, 15) is 18.0 Å². The molecule has 1 aromatic carbocycles. The maximum absolute atomic E-state index is 11.2. The van der Waals surface area contributed by atoms with Crippen molar-refractivity contribution in [3.05, 3.63) is 35.4 Å². The molecule has 1 aromatic rings. The van der Waals surface area contributed by atoms with Gasteiger partial charge in [0.15, 0.2) is 0 Å². The predicted molar refractivity (Wildman–Crippen MR) is 53.6 cm³/mol. The topological polar surface area (TPSA) is 97.7 Å². The molecule has 1 rings (SSSR count). The Morgan fingerprint density at radius 2 is 1.69 bits per heavy atom. The molecule has 86 valence electrons. The number of aromatic carboxylic acids is 1. The highest BCUT2D eigenvalue weighted by molar-refractivity contribution is 8.10. The molecular formula is C8H5ClO6S. The number of carbonyl (C=O) groups excluding carboxylic acids is 1. The van der Waals surface area contributed by atoms with Crippen LogP contribution in [0, 0.1) is 0 Å². The van der Waals surface area contributed by atoms with E-state index < -0.39 is 21.3 Å². The Labute approximate surface area is 95.0 Å². The van der Waals surface area contributed by atoms with Crippen molar-refractivity contribution in [3.63, 3.8) is 0 Å². The molecule has 0 spiro atoms. The first-order valence-electron chi connectivity index (χ1n) is 3.82. The highest BCUT2D eigenvalue weighted by Gasteiger charge is 2.21. The van der Waals surface area contributed by atoms with Gasteiger partial charge in [0.25, 0.3) is 0 Å².